The van der Waals surface area contributed by atoms with E-state index in [1.807, 2.05) is 44.2 Å². The van der Waals surface area contributed by atoms with Crippen LogP contribution >= 0.6 is 0 Å². The highest BCUT2D eigenvalue weighted by atomic mass is 16.2. The van der Waals surface area contributed by atoms with Crippen LogP contribution in [0.15, 0.2) is 30.3 Å². The fraction of sp³-hybridized carbons (Fsp3) is 0.421. The first kappa shape index (κ1) is 17.2. The molecule has 3 rings (SSSR count). The molecule has 1 aliphatic heterocycles. The molecule has 2 aromatic rings. The molecule has 6 nitrogen and oxygen atoms in total. The number of hydrogen-bond acceptors (Lipinski definition) is 3. The van der Waals surface area contributed by atoms with Crippen molar-refractivity contribution in [3.05, 3.63) is 47.2 Å². The summed E-state index contributed by atoms with van der Waals surface area (Å²) in [5.74, 6) is 0.448. The van der Waals surface area contributed by atoms with E-state index in [9.17, 15) is 9.59 Å². The largest absolute Gasteiger partial charge is 0.322 e. The lowest BCUT2D eigenvalue weighted by Gasteiger charge is -2.25. The molecule has 0 fully saturated rings. The number of anilines is 1. The second-order valence-electron chi connectivity index (χ2n) is 6.40. The smallest absolute Gasteiger partial charge is 0.255 e. The Morgan fingerprint density at radius 2 is 2.08 bits per heavy atom. The summed E-state index contributed by atoms with van der Waals surface area (Å²) in [7, 11) is 0. The topological polar surface area (TPSA) is 67.2 Å². The number of carbonyl (C=O) groups excluding carboxylic acids is 2. The summed E-state index contributed by atoms with van der Waals surface area (Å²) < 4.78 is 1.81. The molecule has 1 atom stereocenters. The average Bonchev–Trinajstić information content (AvgIpc) is 3.10. The van der Waals surface area contributed by atoms with Crippen molar-refractivity contribution in [1.82, 2.24) is 14.7 Å². The predicted molar refractivity (Wildman–Crippen MR) is 96.3 cm³/mol. The molecule has 1 aromatic heterocycles. The lowest BCUT2D eigenvalue weighted by molar-refractivity contribution is -0.120. The Hall–Kier alpha value is -2.63. The van der Waals surface area contributed by atoms with Gasteiger partial charge in [-0.25, -0.2) is 4.68 Å². The van der Waals surface area contributed by atoms with Crippen molar-refractivity contribution in [3.8, 4) is 0 Å². The van der Waals surface area contributed by atoms with E-state index in [1.165, 1.54) is 0 Å². The second kappa shape index (κ2) is 7.09. The van der Waals surface area contributed by atoms with Gasteiger partial charge in [0.25, 0.3) is 5.91 Å². The van der Waals surface area contributed by atoms with Crippen molar-refractivity contribution in [2.75, 3.05) is 5.32 Å². The number of benzene rings is 1. The first-order valence-corrected chi connectivity index (χ1v) is 8.79. The third kappa shape index (κ3) is 3.29. The van der Waals surface area contributed by atoms with Gasteiger partial charge in [-0.1, -0.05) is 32.0 Å². The molecule has 0 bridgehead atoms. The van der Waals surface area contributed by atoms with Gasteiger partial charge in [-0.3, -0.25) is 9.59 Å². The number of hydrogen-bond donors (Lipinski definition) is 1. The quantitative estimate of drug-likeness (QED) is 0.879. The van der Waals surface area contributed by atoms with E-state index in [0.717, 1.165) is 24.2 Å². The first-order chi connectivity index (χ1) is 12.0. The lowest BCUT2D eigenvalue weighted by atomic mass is 10.1. The minimum atomic E-state index is -0.495. The third-order valence-corrected chi connectivity index (χ3v) is 4.50. The lowest BCUT2D eigenvalue weighted by Crippen LogP contribution is -2.44. The number of nitrogens with one attached hydrogen (secondary N) is 1. The zero-order valence-corrected chi connectivity index (χ0v) is 15.0. The highest BCUT2D eigenvalue weighted by molar-refractivity contribution is 6.03. The van der Waals surface area contributed by atoms with Crippen molar-refractivity contribution in [2.45, 2.75) is 52.7 Å². The molecule has 25 heavy (non-hydrogen) atoms. The zero-order chi connectivity index (χ0) is 18.0. The number of fused-ring (bicyclic) bond motifs is 1. The van der Waals surface area contributed by atoms with E-state index in [4.69, 9.17) is 0 Å². The number of amides is 2. The van der Waals surface area contributed by atoms with Crippen LogP contribution in [-0.2, 0) is 17.9 Å². The Kier molecular flexibility index (Phi) is 4.88. The number of carbonyl (C=O) groups is 2. The molecular formula is C19H24N4O2. The van der Waals surface area contributed by atoms with Gasteiger partial charge in [-0.05, 0) is 31.4 Å². The minimum absolute atomic E-state index is 0.0733. The van der Waals surface area contributed by atoms with Gasteiger partial charge in [-0.15, -0.1) is 0 Å². The van der Waals surface area contributed by atoms with Crippen LogP contribution in [0, 0.1) is 6.92 Å². The van der Waals surface area contributed by atoms with Gasteiger partial charge in [0.1, 0.15) is 11.9 Å². The molecule has 0 saturated carbocycles. The Morgan fingerprint density at radius 3 is 2.76 bits per heavy atom. The summed E-state index contributed by atoms with van der Waals surface area (Å²) in [6, 6.07) is 8.90. The molecule has 0 radical (unpaired) electrons. The third-order valence-electron chi connectivity index (χ3n) is 4.50. The first-order valence-electron chi connectivity index (χ1n) is 8.79. The number of aromatic nitrogens is 2. The Balaban J connectivity index is 1.78. The molecule has 2 heterocycles. The highest BCUT2D eigenvalue weighted by Crippen LogP contribution is 2.26. The zero-order valence-electron chi connectivity index (χ0n) is 15.0. The van der Waals surface area contributed by atoms with Gasteiger partial charge < -0.3 is 10.2 Å². The number of nitrogens with zero attached hydrogens (tertiary/aromatic N) is 3. The molecule has 1 aromatic carbocycles. The van der Waals surface area contributed by atoms with Crippen LogP contribution in [0.25, 0.3) is 0 Å². The fourth-order valence-corrected chi connectivity index (χ4v) is 3.31. The summed E-state index contributed by atoms with van der Waals surface area (Å²) in [5, 5.41) is 7.36. The van der Waals surface area contributed by atoms with Crippen molar-refractivity contribution in [2.24, 2.45) is 0 Å². The molecular weight excluding hydrogens is 316 g/mol. The molecule has 0 aliphatic carbocycles. The van der Waals surface area contributed by atoms with Gasteiger partial charge in [0.15, 0.2) is 0 Å². The van der Waals surface area contributed by atoms with E-state index < -0.39 is 6.04 Å². The normalized spacial score (nSPS) is 14.5. The maximum absolute atomic E-state index is 12.8. The van der Waals surface area contributed by atoms with Crippen molar-refractivity contribution < 1.29 is 9.59 Å². The van der Waals surface area contributed by atoms with Crippen LogP contribution in [0.2, 0.25) is 0 Å². The van der Waals surface area contributed by atoms with Gasteiger partial charge in [0, 0.05) is 24.7 Å². The van der Waals surface area contributed by atoms with Gasteiger partial charge in [0.05, 0.1) is 5.69 Å². The summed E-state index contributed by atoms with van der Waals surface area (Å²) >= 11 is 0. The van der Waals surface area contributed by atoms with Crippen LogP contribution in [0.1, 0.15) is 48.3 Å². The molecule has 0 spiro atoms. The van der Waals surface area contributed by atoms with Crippen LogP contribution in [0.3, 0.4) is 0 Å². The molecule has 1 aliphatic rings. The van der Waals surface area contributed by atoms with Crippen LogP contribution in [0.5, 0.6) is 0 Å². The molecule has 1 N–H and O–H groups in total. The molecule has 2 amide bonds. The SMILES string of the molecule is CCCn1nc(C)cc1NC(=O)C(CC)N1Cc2ccccc2C1=O. The minimum Gasteiger partial charge on any atom is -0.322 e. The Labute approximate surface area is 147 Å². The predicted octanol–water partition coefficient (Wildman–Crippen LogP) is 2.97. The standard InChI is InChI=1S/C19H24N4O2/c1-4-10-23-17(11-13(3)21-23)20-18(24)16(5-2)22-12-14-8-6-7-9-15(14)19(22)25/h6-9,11,16H,4-5,10,12H2,1-3H3,(H,20,24). The fourth-order valence-electron chi connectivity index (χ4n) is 3.31. The van der Waals surface area contributed by atoms with Crippen molar-refractivity contribution >= 4 is 17.6 Å². The van der Waals surface area contributed by atoms with E-state index in [1.54, 1.807) is 9.58 Å². The molecule has 1 unspecified atom stereocenters. The number of rotatable bonds is 6. The van der Waals surface area contributed by atoms with E-state index in [0.29, 0.717) is 24.3 Å². The summed E-state index contributed by atoms with van der Waals surface area (Å²) in [6.07, 6.45) is 1.49. The summed E-state index contributed by atoms with van der Waals surface area (Å²) in [6.45, 7) is 7.12. The summed E-state index contributed by atoms with van der Waals surface area (Å²) in [4.78, 5) is 27.2. The molecule has 132 valence electrons. The Morgan fingerprint density at radius 1 is 1.32 bits per heavy atom. The summed E-state index contributed by atoms with van der Waals surface area (Å²) in [5.41, 5.74) is 2.53. The highest BCUT2D eigenvalue weighted by Gasteiger charge is 2.35. The maximum Gasteiger partial charge on any atom is 0.255 e. The monoisotopic (exact) mass is 340 g/mol. The van der Waals surface area contributed by atoms with Crippen LogP contribution in [-0.4, -0.2) is 32.5 Å². The van der Waals surface area contributed by atoms with E-state index in [2.05, 4.69) is 17.3 Å². The Bertz CT molecular complexity index is 796. The second-order valence-corrected chi connectivity index (χ2v) is 6.40. The van der Waals surface area contributed by atoms with E-state index >= 15 is 0 Å². The maximum atomic E-state index is 12.8. The van der Waals surface area contributed by atoms with Gasteiger partial charge in [-0.2, -0.15) is 5.10 Å². The van der Waals surface area contributed by atoms with E-state index in [-0.39, 0.29) is 11.8 Å². The van der Waals surface area contributed by atoms with Crippen molar-refractivity contribution in [1.29, 1.82) is 0 Å². The van der Waals surface area contributed by atoms with Gasteiger partial charge in [0.2, 0.25) is 5.91 Å². The van der Waals surface area contributed by atoms with Crippen LogP contribution in [0.4, 0.5) is 5.82 Å². The van der Waals surface area contributed by atoms with Gasteiger partial charge >= 0.3 is 0 Å². The molecule has 6 heteroatoms. The number of aryl methyl sites for hydroxylation is 2. The average molecular weight is 340 g/mol. The van der Waals surface area contributed by atoms with Crippen LogP contribution < -0.4 is 5.32 Å². The molecule has 0 saturated heterocycles. The van der Waals surface area contributed by atoms with Crippen molar-refractivity contribution in [3.63, 3.8) is 0 Å².